The fourth-order valence-electron chi connectivity index (χ4n) is 3.36. The normalized spacial score (nSPS) is 16.1. The first kappa shape index (κ1) is 21.4. The first-order valence-corrected chi connectivity index (χ1v) is 10.8. The molecule has 150 valence electrons. The highest BCUT2D eigenvalue weighted by atomic mass is 32.2. The van der Waals surface area contributed by atoms with E-state index in [0.29, 0.717) is 31.5 Å². The molecule has 1 saturated heterocycles. The predicted molar refractivity (Wildman–Crippen MR) is 102 cm³/mol. The molecular formula is C19H28N2O5S. The van der Waals surface area contributed by atoms with Crippen molar-refractivity contribution in [2.24, 2.45) is 0 Å². The van der Waals surface area contributed by atoms with Crippen LogP contribution in [0.1, 0.15) is 62.7 Å². The molecule has 0 unspecified atom stereocenters. The second-order valence-corrected chi connectivity index (χ2v) is 8.94. The maximum absolute atomic E-state index is 12.7. The van der Waals surface area contributed by atoms with Crippen LogP contribution < -0.4 is 5.32 Å². The minimum absolute atomic E-state index is 0.160. The van der Waals surface area contributed by atoms with E-state index in [9.17, 15) is 18.0 Å². The molecule has 1 aromatic rings. The molecule has 1 aliphatic heterocycles. The highest BCUT2D eigenvalue weighted by molar-refractivity contribution is 7.89. The maximum Gasteiger partial charge on any atom is 0.305 e. The Morgan fingerprint density at radius 3 is 2.11 bits per heavy atom. The van der Waals surface area contributed by atoms with E-state index < -0.39 is 27.4 Å². The number of nitrogens with one attached hydrogen (secondary N) is 1. The quantitative estimate of drug-likeness (QED) is 0.703. The summed E-state index contributed by atoms with van der Waals surface area (Å²) in [6.45, 7) is 4.71. The van der Waals surface area contributed by atoms with Gasteiger partial charge >= 0.3 is 5.97 Å². The van der Waals surface area contributed by atoms with Gasteiger partial charge in [0.25, 0.3) is 5.91 Å². The molecule has 8 heteroatoms. The molecule has 0 spiro atoms. The Kier molecular flexibility index (Phi) is 7.00. The number of carboxylic acid groups (broad SMARTS) is 1. The molecule has 27 heavy (non-hydrogen) atoms. The third-order valence-electron chi connectivity index (χ3n) is 5.29. The lowest BCUT2D eigenvalue weighted by Crippen LogP contribution is -2.49. The number of nitrogens with zero attached hydrogens (tertiary/aromatic N) is 1. The van der Waals surface area contributed by atoms with Gasteiger partial charge in [-0.2, -0.15) is 4.31 Å². The van der Waals surface area contributed by atoms with Gasteiger partial charge < -0.3 is 10.4 Å². The van der Waals surface area contributed by atoms with E-state index >= 15 is 0 Å². The van der Waals surface area contributed by atoms with Crippen molar-refractivity contribution in [3.8, 4) is 0 Å². The fraction of sp³-hybridized carbons (Fsp3) is 0.579. The molecule has 0 aromatic heterocycles. The number of aliphatic carboxylic acids is 1. The van der Waals surface area contributed by atoms with Crippen molar-refractivity contribution in [2.75, 3.05) is 13.1 Å². The minimum atomic E-state index is -3.54. The maximum atomic E-state index is 12.7. The summed E-state index contributed by atoms with van der Waals surface area (Å²) < 4.78 is 26.8. The van der Waals surface area contributed by atoms with Crippen LogP contribution in [0.5, 0.6) is 0 Å². The van der Waals surface area contributed by atoms with Crippen molar-refractivity contribution in [3.63, 3.8) is 0 Å². The van der Waals surface area contributed by atoms with Gasteiger partial charge in [0.05, 0.1) is 16.9 Å². The Balaban J connectivity index is 2.16. The Bertz CT molecular complexity index is 764. The van der Waals surface area contributed by atoms with E-state index in [2.05, 4.69) is 5.32 Å². The predicted octanol–water partition coefficient (Wildman–Crippen LogP) is 2.62. The second kappa shape index (κ2) is 8.84. The van der Waals surface area contributed by atoms with Gasteiger partial charge in [-0.05, 0) is 49.9 Å². The zero-order valence-electron chi connectivity index (χ0n) is 15.9. The number of benzene rings is 1. The first-order chi connectivity index (χ1) is 12.7. The number of hydrogen-bond donors (Lipinski definition) is 2. The van der Waals surface area contributed by atoms with Gasteiger partial charge in [0, 0.05) is 18.7 Å². The van der Waals surface area contributed by atoms with Gasteiger partial charge in [-0.3, -0.25) is 9.59 Å². The van der Waals surface area contributed by atoms with Gasteiger partial charge in [-0.1, -0.05) is 20.3 Å². The molecule has 2 N–H and O–H groups in total. The van der Waals surface area contributed by atoms with E-state index in [-0.39, 0.29) is 11.3 Å². The smallest absolute Gasteiger partial charge is 0.305 e. The molecule has 0 radical (unpaired) electrons. The van der Waals surface area contributed by atoms with E-state index in [0.717, 1.165) is 19.3 Å². The number of rotatable bonds is 8. The lowest BCUT2D eigenvalue weighted by molar-refractivity contribution is -0.138. The molecule has 0 atom stereocenters. The molecule has 1 heterocycles. The van der Waals surface area contributed by atoms with Crippen LogP contribution in [0.3, 0.4) is 0 Å². The summed E-state index contributed by atoms with van der Waals surface area (Å²) in [5, 5.41) is 11.9. The Labute approximate surface area is 160 Å². The van der Waals surface area contributed by atoms with Crippen LogP contribution in [0, 0.1) is 0 Å². The lowest BCUT2D eigenvalue weighted by atomic mass is 9.88. The second-order valence-electron chi connectivity index (χ2n) is 7.00. The largest absolute Gasteiger partial charge is 0.481 e. The van der Waals surface area contributed by atoms with Crippen molar-refractivity contribution in [3.05, 3.63) is 29.8 Å². The van der Waals surface area contributed by atoms with E-state index in [1.165, 1.54) is 28.6 Å². The topological polar surface area (TPSA) is 104 Å². The molecule has 0 aliphatic carbocycles. The summed E-state index contributed by atoms with van der Waals surface area (Å²) in [6, 6.07) is 5.83. The Morgan fingerprint density at radius 1 is 1.07 bits per heavy atom. The molecule has 7 nitrogen and oxygen atoms in total. The number of piperidine rings is 1. The molecule has 0 saturated carbocycles. The molecule has 1 aromatic carbocycles. The van der Waals surface area contributed by atoms with Gasteiger partial charge in [0.2, 0.25) is 10.0 Å². The third-order valence-corrected chi connectivity index (χ3v) is 7.20. The molecule has 1 aliphatic rings. The molecular weight excluding hydrogens is 368 g/mol. The van der Waals surface area contributed by atoms with E-state index in [1.54, 1.807) is 0 Å². The minimum Gasteiger partial charge on any atom is -0.481 e. The first-order valence-electron chi connectivity index (χ1n) is 9.38. The summed E-state index contributed by atoms with van der Waals surface area (Å²) in [6.07, 6.45) is 3.58. The fourth-order valence-corrected chi connectivity index (χ4v) is 4.87. The zero-order chi connectivity index (χ0) is 20.1. The van der Waals surface area contributed by atoms with Crippen LogP contribution in [0.25, 0.3) is 0 Å². The third kappa shape index (κ3) is 5.07. The van der Waals surface area contributed by atoms with Crippen molar-refractivity contribution < 1.29 is 23.1 Å². The van der Waals surface area contributed by atoms with Gasteiger partial charge in [0.1, 0.15) is 0 Å². The van der Waals surface area contributed by atoms with Crippen molar-refractivity contribution in [2.45, 2.75) is 62.8 Å². The number of carbonyl (C=O) groups is 2. The van der Waals surface area contributed by atoms with Crippen LogP contribution in [-0.2, 0) is 14.8 Å². The molecule has 1 fully saturated rings. The van der Waals surface area contributed by atoms with Gasteiger partial charge in [0.15, 0.2) is 0 Å². The lowest BCUT2D eigenvalue weighted by Gasteiger charge is -2.31. The van der Waals surface area contributed by atoms with E-state index in [4.69, 9.17) is 5.11 Å². The van der Waals surface area contributed by atoms with E-state index in [1.807, 2.05) is 13.8 Å². The van der Waals surface area contributed by atoms with Crippen LogP contribution in [0.4, 0.5) is 0 Å². The van der Waals surface area contributed by atoms with Crippen molar-refractivity contribution >= 4 is 21.9 Å². The molecule has 1 amide bonds. The van der Waals surface area contributed by atoms with Crippen LogP contribution in [0.15, 0.2) is 29.2 Å². The Morgan fingerprint density at radius 2 is 1.63 bits per heavy atom. The summed E-state index contributed by atoms with van der Waals surface area (Å²) in [5.41, 5.74) is -0.508. The van der Waals surface area contributed by atoms with Crippen LogP contribution in [-0.4, -0.2) is 48.3 Å². The van der Waals surface area contributed by atoms with Crippen LogP contribution >= 0.6 is 0 Å². The SMILES string of the molecule is CCC(CC)(CC(=O)O)NC(=O)c1ccc(S(=O)(=O)N2CCCCC2)cc1. The molecule has 2 rings (SSSR count). The van der Waals surface area contributed by atoms with Crippen LogP contribution in [0.2, 0.25) is 0 Å². The number of carboxylic acids is 1. The van der Waals surface area contributed by atoms with Crippen molar-refractivity contribution in [1.82, 2.24) is 9.62 Å². The highest BCUT2D eigenvalue weighted by Crippen LogP contribution is 2.23. The summed E-state index contributed by atoms with van der Waals surface area (Å²) >= 11 is 0. The average Bonchev–Trinajstić information content (AvgIpc) is 2.67. The monoisotopic (exact) mass is 396 g/mol. The number of hydrogen-bond acceptors (Lipinski definition) is 4. The van der Waals surface area contributed by atoms with Crippen molar-refractivity contribution in [1.29, 1.82) is 0 Å². The Hall–Kier alpha value is -1.93. The highest BCUT2D eigenvalue weighted by Gasteiger charge is 2.31. The standard InChI is InChI=1S/C19H28N2O5S/c1-3-19(4-2,14-17(22)23)20-18(24)15-8-10-16(11-9-15)27(25,26)21-12-6-5-7-13-21/h8-11H,3-7,12-14H2,1-2H3,(H,20,24)(H,22,23). The average molecular weight is 397 g/mol. The number of sulfonamides is 1. The molecule has 0 bridgehead atoms. The van der Waals surface area contributed by atoms with Gasteiger partial charge in [-0.25, -0.2) is 8.42 Å². The zero-order valence-corrected chi connectivity index (χ0v) is 16.7. The number of carbonyl (C=O) groups excluding carboxylic acids is 1. The summed E-state index contributed by atoms with van der Waals surface area (Å²) in [7, 11) is -3.54. The number of amides is 1. The van der Waals surface area contributed by atoms with Gasteiger partial charge in [-0.15, -0.1) is 0 Å². The summed E-state index contributed by atoms with van der Waals surface area (Å²) in [4.78, 5) is 23.9. The summed E-state index contributed by atoms with van der Waals surface area (Å²) in [5.74, 6) is -1.37.